The van der Waals surface area contributed by atoms with E-state index < -0.39 is 0 Å². The monoisotopic (exact) mass is 138 g/mol. The molecule has 0 rings (SSSR count). The minimum atomic E-state index is 0.516. The molecule has 0 saturated carbocycles. The van der Waals surface area contributed by atoms with Crippen LogP contribution in [-0.2, 0) is 0 Å². The second kappa shape index (κ2) is 8.52. The lowest BCUT2D eigenvalue weighted by molar-refractivity contribution is 0.822. The highest BCUT2D eigenvalue weighted by molar-refractivity contribution is 4.98. The number of rotatable bonds is 4. The normalized spacial score (nSPS) is 8.60. The first-order valence-electron chi connectivity index (χ1n) is 4.02. The van der Waals surface area contributed by atoms with Crippen LogP contribution in [0.15, 0.2) is 0 Å². The predicted molar refractivity (Wildman–Crippen MR) is 44.5 cm³/mol. The third-order valence-electron chi connectivity index (χ3n) is 1.26. The fraction of sp³-hybridized carbons (Fsp3) is 0.778. The maximum Gasteiger partial charge on any atom is 0.0109 e. The van der Waals surface area contributed by atoms with Crippen LogP contribution in [0, 0.1) is 11.8 Å². The first kappa shape index (κ1) is 9.52. The van der Waals surface area contributed by atoms with Crippen molar-refractivity contribution in [2.45, 2.75) is 39.0 Å². The van der Waals surface area contributed by atoms with Gasteiger partial charge >= 0.3 is 0 Å². The largest absolute Gasteiger partial charge is 0.258 e. The van der Waals surface area contributed by atoms with E-state index in [1.165, 1.54) is 12.8 Å². The molecule has 0 aromatic carbocycles. The van der Waals surface area contributed by atoms with E-state index in [1.807, 2.05) is 0 Å². The van der Waals surface area contributed by atoms with Gasteiger partial charge in [0.05, 0.1) is 0 Å². The molecule has 0 saturated heterocycles. The number of unbranched alkanes of at least 4 members (excludes halogenated alkanes) is 3. The summed E-state index contributed by atoms with van der Waals surface area (Å²) in [7, 11) is 0. The van der Waals surface area contributed by atoms with Gasteiger partial charge < -0.3 is 0 Å². The molecule has 10 heavy (non-hydrogen) atoms. The van der Waals surface area contributed by atoms with Gasteiger partial charge in [0, 0.05) is 19.4 Å². The molecule has 0 bridgehead atoms. The van der Waals surface area contributed by atoms with Crippen molar-refractivity contribution in [1.29, 1.82) is 0 Å². The molecular weight excluding hydrogens is 122 g/mol. The molecule has 57 valence electrons. The summed E-state index contributed by atoms with van der Waals surface area (Å²) < 4.78 is 0. The first-order valence-corrected chi connectivity index (χ1v) is 4.02. The highest BCUT2D eigenvalue weighted by atomic mass is 14.5. The van der Waals surface area contributed by atoms with Gasteiger partial charge in [-0.05, 0) is 12.8 Å². The number of nitrogens with one attached hydrogen (secondary N) is 1. The molecular formula is C9H16N. The topological polar surface area (TPSA) is 23.8 Å². The lowest BCUT2D eigenvalue weighted by Crippen LogP contribution is -1.81. The first-order chi connectivity index (χ1) is 4.91. The van der Waals surface area contributed by atoms with E-state index in [0.717, 1.165) is 19.3 Å². The van der Waals surface area contributed by atoms with Crippen LogP contribution in [-0.4, -0.2) is 6.54 Å². The Labute approximate surface area is 64.0 Å². The van der Waals surface area contributed by atoms with Crippen molar-refractivity contribution in [2.24, 2.45) is 0 Å². The van der Waals surface area contributed by atoms with Crippen molar-refractivity contribution >= 4 is 0 Å². The summed E-state index contributed by atoms with van der Waals surface area (Å²) in [6.07, 6.45) is 5.32. The Hall–Kier alpha value is -0.480. The molecule has 0 aromatic heterocycles. The molecule has 0 aliphatic heterocycles. The summed E-state index contributed by atoms with van der Waals surface area (Å²) in [4.78, 5) is 0. The molecule has 1 nitrogen and oxygen atoms in total. The third-order valence-corrected chi connectivity index (χ3v) is 1.26. The summed E-state index contributed by atoms with van der Waals surface area (Å²) in [5, 5.41) is 0. The van der Waals surface area contributed by atoms with Crippen molar-refractivity contribution < 1.29 is 0 Å². The molecule has 0 aliphatic carbocycles. The third kappa shape index (κ3) is 7.52. The van der Waals surface area contributed by atoms with Gasteiger partial charge in [0.25, 0.3) is 0 Å². The van der Waals surface area contributed by atoms with Crippen LogP contribution >= 0.6 is 0 Å². The second-order valence-electron chi connectivity index (χ2n) is 2.31. The summed E-state index contributed by atoms with van der Waals surface area (Å²) in [6.45, 7) is 2.69. The van der Waals surface area contributed by atoms with E-state index in [2.05, 4.69) is 18.8 Å². The van der Waals surface area contributed by atoms with Crippen LogP contribution in [0.5, 0.6) is 0 Å². The molecule has 0 aliphatic rings. The van der Waals surface area contributed by atoms with Crippen LogP contribution in [0.25, 0.3) is 0 Å². The van der Waals surface area contributed by atoms with Crippen LogP contribution in [0.3, 0.4) is 0 Å². The zero-order valence-electron chi connectivity index (χ0n) is 6.74. The standard InChI is InChI=1S/C9H16N/c1-2-3-4-5-6-7-8-9-10/h10H,2-4,7-9H2,1H3. The van der Waals surface area contributed by atoms with Crippen molar-refractivity contribution in [3.8, 4) is 11.8 Å². The second-order valence-corrected chi connectivity index (χ2v) is 2.31. The smallest absolute Gasteiger partial charge is 0.0109 e. The average molecular weight is 138 g/mol. The fourth-order valence-corrected chi connectivity index (χ4v) is 0.619. The lowest BCUT2D eigenvalue weighted by atomic mass is 10.2. The summed E-state index contributed by atoms with van der Waals surface area (Å²) >= 11 is 0. The fourth-order valence-electron chi connectivity index (χ4n) is 0.619. The molecule has 0 aromatic rings. The van der Waals surface area contributed by atoms with E-state index in [9.17, 15) is 0 Å². The molecule has 0 fully saturated rings. The molecule has 1 radical (unpaired) electrons. The highest BCUT2D eigenvalue weighted by Gasteiger charge is 1.77. The van der Waals surface area contributed by atoms with Crippen molar-refractivity contribution in [3.63, 3.8) is 0 Å². The molecule has 1 heteroatoms. The SMILES string of the molecule is CCCCC#CCCC[NH]. The zero-order valence-corrected chi connectivity index (χ0v) is 6.74. The minimum absolute atomic E-state index is 0.516. The maximum absolute atomic E-state index is 6.85. The van der Waals surface area contributed by atoms with E-state index in [1.54, 1.807) is 0 Å². The van der Waals surface area contributed by atoms with E-state index in [-0.39, 0.29) is 0 Å². The van der Waals surface area contributed by atoms with Gasteiger partial charge in [-0.25, -0.2) is 0 Å². The summed E-state index contributed by atoms with van der Waals surface area (Å²) in [5.74, 6) is 6.14. The average Bonchev–Trinajstić information content (AvgIpc) is 1.97. The lowest BCUT2D eigenvalue weighted by Gasteiger charge is -1.85. The molecule has 1 N–H and O–H groups in total. The molecule has 0 amide bonds. The highest BCUT2D eigenvalue weighted by Crippen LogP contribution is 1.91. The molecule has 0 atom stereocenters. The minimum Gasteiger partial charge on any atom is -0.258 e. The van der Waals surface area contributed by atoms with Gasteiger partial charge in [-0.1, -0.05) is 13.3 Å². The van der Waals surface area contributed by atoms with Crippen LogP contribution in [0.4, 0.5) is 0 Å². The van der Waals surface area contributed by atoms with Crippen LogP contribution in [0.1, 0.15) is 39.0 Å². The Morgan fingerprint density at radius 2 is 1.70 bits per heavy atom. The maximum atomic E-state index is 6.85. The molecule has 0 unspecified atom stereocenters. The van der Waals surface area contributed by atoms with Crippen molar-refractivity contribution in [2.75, 3.05) is 6.54 Å². The number of hydrogen-bond donors (Lipinski definition) is 0. The Kier molecular flexibility index (Phi) is 8.11. The molecule has 0 heterocycles. The Bertz CT molecular complexity index is 95.6. The Morgan fingerprint density at radius 3 is 2.20 bits per heavy atom. The summed E-state index contributed by atoms with van der Waals surface area (Å²) in [5.41, 5.74) is 6.85. The van der Waals surface area contributed by atoms with E-state index in [4.69, 9.17) is 5.73 Å². The number of hydrogen-bond acceptors (Lipinski definition) is 0. The zero-order chi connectivity index (χ0) is 7.66. The van der Waals surface area contributed by atoms with Gasteiger partial charge in [0.1, 0.15) is 0 Å². The van der Waals surface area contributed by atoms with Gasteiger partial charge in [0.2, 0.25) is 0 Å². The van der Waals surface area contributed by atoms with Gasteiger partial charge in [0.15, 0.2) is 0 Å². The quantitative estimate of drug-likeness (QED) is 0.420. The van der Waals surface area contributed by atoms with Gasteiger partial charge in [-0.3, -0.25) is 5.73 Å². The van der Waals surface area contributed by atoms with Crippen LogP contribution in [0.2, 0.25) is 0 Å². The Morgan fingerprint density at radius 1 is 1.10 bits per heavy atom. The van der Waals surface area contributed by atoms with E-state index in [0.29, 0.717) is 6.54 Å². The van der Waals surface area contributed by atoms with Crippen LogP contribution < -0.4 is 5.73 Å². The van der Waals surface area contributed by atoms with Crippen molar-refractivity contribution in [3.05, 3.63) is 0 Å². The molecule has 0 spiro atoms. The van der Waals surface area contributed by atoms with Crippen molar-refractivity contribution in [1.82, 2.24) is 5.73 Å². The van der Waals surface area contributed by atoms with E-state index >= 15 is 0 Å². The van der Waals surface area contributed by atoms with Gasteiger partial charge in [-0.2, -0.15) is 0 Å². The van der Waals surface area contributed by atoms with Gasteiger partial charge in [-0.15, -0.1) is 11.8 Å². The predicted octanol–water partition coefficient (Wildman–Crippen LogP) is 2.24. The Balaban J connectivity index is 2.98. The summed E-state index contributed by atoms with van der Waals surface area (Å²) in [6, 6.07) is 0.